The van der Waals surface area contributed by atoms with E-state index in [-0.39, 0.29) is 41.1 Å². The number of nitrogens with one attached hydrogen (secondary N) is 1. The van der Waals surface area contributed by atoms with Crippen LogP contribution in [0.1, 0.15) is 82.3 Å². The van der Waals surface area contributed by atoms with Crippen LogP contribution in [0.4, 0.5) is 5.69 Å². The Bertz CT molecular complexity index is 1290. The van der Waals surface area contributed by atoms with E-state index in [4.69, 9.17) is 15.2 Å². The van der Waals surface area contributed by atoms with Gasteiger partial charge in [0.15, 0.2) is 34.7 Å². The van der Waals surface area contributed by atoms with E-state index in [0.29, 0.717) is 42.9 Å². The first-order valence-electron chi connectivity index (χ1n) is 15.8. The van der Waals surface area contributed by atoms with Crippen molar-refractivity contribution in [3.8, 4) is 23.0 Å². The van der Waals surface area contributed by atoms with Crippen LogP contribution < -0.4 is 20.5 Å². The molecule has 0 heterocycles. The molecule has 5 N–H and O–H groups in total. The van der Waals surface area contributed by atoms with E-state index in [1.54, 1.807) is 30.3 Å². The average Bonchev–Trinajstić information content (AvgIpc) is 3.02. The molecule has 0 saturated heterocycles. The SMILES string of the molecule is CC[C@@H](CC=O)CC[C@H](C=CC(=O)CCc1ccc(O)c(OC)c1)Cc1cc(NC(N)=NC2CCCCC2)c(O)c(OC)c1. The molecule has 0 spiro atoms. The second-order valence-corrected chi connectivity index (χ2v) is 11.7. The van der Waals surface area contributed by atoms with Gasteiger partial charge in [0.1, 0.15) is 6.29 Å². The largest absolute Gasteiger partial charge is 0.504 e. The number of methoxy groups -OCH3 is 2. The van der Waals surface area contributed by atoms with Crippen LogP contribution in [0.25, 0.3) is 0 Å². The van der Waals surface area contributed by atoms with Crippen molar-refractivity contribution in [2.24, 2.45) is 22.6 Å². The molecule has 2 atom stereocenters. The molecule has 240 valence electrons. The molecule has 9 heteroatoms. The second-order valence-electron chi connectivity index (χ2n) is 11.7. The van der Waals surface area contributed by atoms with E-state index in [1.165, 1.54) is 20.6 Å². The van der Waals surface area contributed by atoms with E-state index in [9.17, 15) is 19.8 Å². The quantitative estimate of drug-likeness (QED) is 0.0526. The number of hydrogen-bond acceptors (Lipinski definition) is 7. The molecule has 0 unspecified atom stereocenters. The van der Waals surface area contributed by atoms with E-state index in [0.717, 1.165) is 62.4 Å². The molecular weight excluding hydrogens is 558 g/mol. The Hall–Kier alpha value is -4.01. The molecular formula is C35H49N3O6. The smallest absolute Gasteiger partial charge is 0.193 e. The number of rotatable bonds is 17. The van der Waals surface area contributed by atoms with Crippen LogP contribution in [0.15, 0.2) is 47.5 Å². The number of allylic oxidation sites excluding steroid dienone is 2. The van der Waals surface area contributed by atoms with E-state index >= 15 is 0 Å². The Morgan fingerprint density at radius 3 is 2.48 bits per heavy atom. The fourth-order valence-corrected chi connectivity index (χ4v) is 5.73. The molecule has 1 aliphatic carbocycles. The van der Waals surface area contributed by atoms with E-state index in [1.807, 2.05) is 12.1 Å². The van der Waals surface area contributed by atoms with Gasteiger partial charge >= 0.3 is 0 Å². The molecule has 1 saturated carbocycles. The summed E-state index contributed by atoms with van der Waals surface area (Å²) in [5.74, 6) is 1.29. The number of aliphatic imine (C=N–C) groups is 1. The number of aryl methyl sites for hydroxylation is 1. The van der Waals surface area contributed by atoms with Gasteiger partial charge in [0.25, 0.3) is 0 Å². The lowest BCUT2D eigenvalue weighted by molar-refractivity contribution is -0.114. The highest BCUT2D eigenvalue weighted by Gasteiger charge is 2.18. The zero-order valence-electron chi connectivity index (χ0n) is 26.4. The highest BCUT2D eigenvalue weighted by atomic mass is 16.5. The Morgan fingerprint density at radius 2 is 1.80 bits per heavy atom. The number of phenolic OH excluding ortho intramolecular Hbond substituents is 2. The molecule has 1 fully saturated rings. The van der Waals surface area contributed by atoms with Crippen molar-refractivity contribution in [3.63, 3.8) is 0 Å². The third kappa shape index (κ3) is 10.9. The summed E-state index contributed by atoms with van der Waals surface area (Å²) in [6, 6.07) is 8.93. The summed E-state index contributed by atoms with van der Waals surface area (Å²) >= 11 is 0. The summed E-state index contributed by atoms with van der Waals surface area (Å²) in [5, 5.41) is 23.7. The van der Waals surface area contributed by atoms with Gasteiger partial charge < -0.3 is 35.5 Å². The average molecular weight is 608 g/mol. The maximum Gasteiger partial charge on any atom is 0.193 e. The number of ketones is 1. The van der Waals surface area contributed by atoms with Crippen molar-refractivity contribution in [1.29, 1.82) is 0 Å². The Labute approximate surface area is 261 Å². The molecule has 0 aromatic heterocycles. The highest BCUT2D eigenvalue weighted by Crippen LogP contribution is 2.37. The maximum atomic E-state index is 12.9. The van der Waals surface area contributed by atoms with Gasteiger partial charge in [0, 0.05) is 12.8 Å². The Morgan fingerprint density at radius 1 is 1.07 bits per heavy atom. The van der Waals surface area contributed by atoms with Gasteiger partial charge in [0.05, 0.1) is 25.9 Å². The van der Waals surface area contributed by atoms with Crippen LogP contribution >= 0.6 is 0 Å². The molecule has 2 aromatic rings. The normalized spacial score (nSPS) is 15.6. The molecule has 2 aromatic carbocycles. The lowest BCUT2D eigenvalue weighted by Crippen LogP contribution is -2.26. The van der Waals surface area contributed by atoms with Crippen LogP contribution in [-0.4, -0.2) is 48.5 Å². The number of aldehydes is 1. The van der Waals surface area contributed by atoms with Crippen LogP contribution in [0.5, 0.6) is 23.0 Å². The van der Waals surface area contributed by atoms with Crippen molar-refractivity contribution < 1.29 is 29.3 Å². The van der Waals surface area contributed by atoms with E-state index < -0.39 is 0 Å². The summed E-state index contributed by atoms with van der Waals surface area (Å²) in [5.41, 5.74) is 8.48. The number of guanidine groups is 1. The molecule has 44 heavy (non-hydrogen) atoms. The van der Waals surface area contributed by atoms with Gasteiger partial charge in [-0.15, -0.1) is 0 Å². The summed E-state index contributed by atoms with van der Waals surface area (Å²) in [4.78, 5) is 28.7. The van der Waals surface area contributed by atoms with Crippen LogP contribution in [0.3, 0.4) is 0 Å². The predicted molar refractivity (Wildman–Crippen MR) is 175 cm³/mol. The molecule has 0 aliphatic heterocycles. The summed E-state index contributed by atoms with van der Waals surface area (Å²) in [6.07, 6.45) is 14.6. The monoisotopic (exact) mass is 607 g/mol. The number of benzene rings is 2. The third-order valence-electron chi connectivity index (χ3n) is 8.42. The van der Waals surface area contributed by atoms with Gasteiger partial charge in [0.2, 0.25) is 0 Å². The van der Waals surface area contributed by atoms with Gasteiger partial charge in [-0.1, -0.05) is 44.7 Å². The highest BCUT2D eigenvalue weighted by molar-refractivity contribution is 5.94. The molecule has 3 rings (SSSR count). The van der Waals surface area contributed by atoms with Gasteiger partial charge in [-0.25, -0.2) is 4.99 Å². The minimum Gasteiger partial charge on any atom is -0.504 e. The Balaban J connectivity index is 1.76. The summed E-state index contributed by atoms with van der Waals surface area (Å²) < 4.78 is 10.7. The number of nitrogens with two attached hydrogens (primary N) is 1. The first-order valence-corrected chi connectivity index (χ1v) is 15.8. The minimum absolute atomic E-state index is 0.000634. The van der Waals surface area contributed by atoms with Crippen molar-refractivity contribution in [2.75, 3.05) is 19.5 Å². The zero-order valence-corrected chi connectivity index (χ0v) is 26.4. The van der Waals surface area contributed by atoms with Crippen molar-refractivity contribution in [1.82, 2.24) is 0 Å². The number of carbonyl (C=O) groups excluding carboxylic acids is 2. The van der Waals surface area contributed by atoms with Crippen LogP contribution in [0, 0.1) is 11.8 Å². The second kappa shape index (κ2) is 18.0. The molecule has 9 nitrogen and oxygen atoms in total. The van der Waals surface area contributed by atoms with Crippen molar-refractivity contribution in [3.05, 3.63) is 53.6 Å². The number of aromatic hydroxyl groups is 2. The molecule has 0 bridgehead atoms. The summed E-state index contributed by atoms with van der Waals surface area (Å²) in [6.45, 7) is 2.09. The maximum absolute atomic E-state index is 12.9. The minimum atomic E-state index is -0.0387. The van der Waals surface area contributed by atoms with Gasteiger partial charge in [-0.3, -0.25) is 4.79 Å². The fraction of sp³-hybridized carbons (Fsp3) is 0.514. The number of carbonyl (C=O) groups is 2. The number of phenols is 2. The topological polar surface area (TPSA) is 143 Å². The standard InChI is InChI=1S/C35H49N3O6/c1-4-24(18-19-39)10-11-25(12-15-29(40)16-13-26-14-17-31(41)32(22-26)43-2)20-27-21-30(34(42)33(23-27)44-3)38-35(36)37-28-8-6-5-7-9-28/h12,14-15,17,19,21-25,28,41-42H,4-11,13,16,18,20H2,1-3H3,(H3,36,37,38)/t24-,25-/m1/s1. The number of hydrogen-bond donors (Lipinski definition) is 4. The first-order chi connectivity index (χ1) is 21.3. The number of nitrogens with zero attached hydrogens (tertiary/aromatic N) is 1. The third-order valence-corrected chi connectivity index (χ3v) is 8.42. The molecule has 0 radical (unpaired) electrons. The van der Waals surface area contributed by atoms with Gasteiger partial charge in [-0.05, 0) is 91.8 Å². The fourth-order valence-electron chi connectivity index (χ4n) is 5.73. The Kier molecular flexibility index (Phi) is 14.1. The lowest BCUT2D eigenvalue weighted by Gasteiger charge is -2.20. The predicted octanol–water partition coefficient (Wildman–Crippen LogP) is 6.49. The van der Waals surface area contributed by atoms with E-state index in [2.05, 4.69) is 17.2 Å². The number of ether oxygens (including phenoxy) is 2. The number of anilines is 1. The van der Waals surface area contributed by atoms with Gasteiger partial charge in [-0.2, -0.15) is 0 Å². The molecule has 1 aliphatic rings. The van der Waals surface area contributed by atoms with Crippen LogP contribution in [0.2, 0.25) is 0 Å². The van der Waals surface area contributed by atoms with Crippen molar-refractivity contribution in [2.45, 2.75) is 90.0 Å². The molecule has 0 amide bonds. The van der Waals surface area contributed by atoms with Crippen LogP contribution in [-0.2, 0) is 22.4 Å². The van der Waals surface area contributed by atoms with Crippen molar-refractivity contribution >= 4 is 23.7 Å². The summed E-state index contributed by atoms with van der Waals surface area (Å²) in [7, 11) is 3.00. The zero-order chi connectivity index (χ0) is 31.9. The first kappa shape index (κ1) is 34.5. The lowest BCUT2D eigenvalue weighted by atomic mass is 9.88.